The number of carbonyl (C=O) groups excluding carboxylic acids is 1. The SMILES string of the molecule is CO[C@@H](CNC(=O)/C=C/c1ccco1)c1ccc(C)s1. The fourth-order valence-electron chi connectivity index (χ4n) is 1.72. The highest BCUT2D eigenvalue weighted by Gasteiger charge is 2.13. The monoisotopic (exact) mass is 291 g/mol. The lowest BCUT2D eigenvalue weighted by Gasteiger charge is -2.13. The van der Waals surface area contributed by atoms with Gasteiger partial charge in [0, 0.05) is 29.5 Å². The molecule has 2 rings (SSSR count). The molecule has 0 spiro atoms. The number of amides is 1. The van der Waals surface area contributed by atoms with Gasteiger partial charge in [0.2, 0.25) is 5.91 Å². The molecule has 0 radical (unpaired) electrons. The van der Waals surface area contributed by atoms with E-state index in [0.29, 0.717) is 12.3 Å². The minimum absolute atomic E-state index is 0.116. The molecular formula is C15H17NO3S. The number of rotatable bonds is 6. The van der Waals surface area contributed by atoms with E-state index in [9.17, 15) is 4.79 Å². The Bertz CT molecular complexity index is 572. The van der Waals surface area contributed by atoms with Crippen molar-refractivity contribution < 1.29 is 13.9 Å². The number of carbonyl (C=O) groups is 1. The number of methoxy groups -OCH3 is 1. The summed E-state index contributed by atoms with van der Waals surface area (Å²) in [5.41, 5.74) is 0. The summed E-state index contributed by atoms with van der Waals surface area (Å²) in [5, 5.41) is 2.82. The smallest absolute Gasteiger partial charge is 0.244 e. The van der Waals surface area contributed by atoms with Crippen LogP contribution in [-0.2, 0) is 9.53 Å². The van der Waals surface area contributed by atoms with Crippen LogP contribution in [0.25, 0.3) is 6.08 Å². The van der Waals surface area contributed by atoms with Crippen molar-refractivity contribution in [3.63, 3.8) is 0 Å². The Balaban J connectivity index is 1.85. The number of thiophene rings is 1. The van der Waals surface area contributed by atoms with Gasteiger partial charge in [-0.3, -0.25) is 4.79 Å². The molecule has 0 bridgehead atoms. The molecule has 0 fully saturated rings. The lowest BCUT2D eigenvalue weighted by Crippen LogP contribution is -2.27. The lowest BCUT2D eigenvalue weighted by molar-refractivity contribution is -0.117. The molecular weight excluding hydrogens is 274 g/mol. The fourth-order valence-corrected chi connectivity index (χ4v) is 2.68. The summed E-state index contributed by atoms with van der Waals surface area (Å²) >= 11 is 1.67. The number of hydrogen-bond donors (Lipinski definition) is 1. The Morgan fingerprint density at radius 3 is 2.95 bits per heavy atom. The summed E-state index contributed by atoms with van der Waals surface area (Å²) in [6.07, 6.45) is 4.53. The Kier molecular flexibility index (Phi) is 5.15. The second-order valence-corrected chi connectivity index (χ2v) is 5.59. The predicted octanol–water partition coefficient (Wildman–Crippen LogP) is 3.17. The van der Waals surface area contributed by atoms with Crippen LogP contribution in [0.4, 0.5) is 0 Å². The van der Waals surface area contributed by atoms with Crippen molar-refractivity contribution in [2.45, 2.75) is 13.0 Å². The summed E-state index contributed by atoms with van der Waals surface area (Å²) in [4.78, 5) is 14.0. The molecule has 0 aliphatic heterocycles. The van der Waals surface area contributed by atoms with Gasteiger partial charge >= 0.3 is 0 Å². The molecule has 0 unspecified atom stereocenters. The zero-order valence-electron chi connectivity index (χ0n) is 11.5. The zero-order chi connectivity index (χ0) is 14.4. The van der Waals surface area contributed by atoms with E-state index in [4.69, 9.17) is 9.15 Å². The third kappa shape index (κ3) is 4.08. The quantitative estimate of drug-likeness (QED) is 0.832. The van der Waals surface area contributed by atoms with Gasteiger partial charge in [0.1, 0.15) is 11.9 Å². The first kappa shape index (κ1) is 14.6. The molecule has 20 heavy (non-hydrogen) atoms. The molecule has 2 aromatic rings. The van der Waals surface area contributed by atoms with Gasteiger partial charge in [0.05, 0.1) is 6.26 Å². The molecule has 0 aromatic carbocycles. The first-order chi connectivity index (χ1) is 9.69. The van der Waals surface area contributed by atoms with E-state index in [0.717, 1.165) is 4.88 Å². The van der Waals surface area contributed by atoms with Crippen molar-refractivity contribution in [1.29, 1.82) is 0 Å². The van der Waals surface area contributed by atoms with Gasteiger partial charge in [-0.25, -0.2) is 0 Å². The van der Waals surface area contributed by atoms with E-state index >= 15 is 0 Å². The average molecular weight is 291 g/mol. The van der Waals surface area contributed by atoms with Crippen LogP contribution < -0.4 is 5.32 Å². The zero-order valence-corrected chi connectivity index (χ0v) is 12.3. The third-order valence-electron chi connectivity index (χ3n) is 2.77. The molecule has 5 heteroatoms. The van der Waals surface area contributed by atoms with E-state index in [2.05, 4.69) is 5.32 Å². The van der Waals surface area contributed by atoms with Crippen LogP contribution in [0, 0.1) is 6.92 Å². The molecule has 0 saturated heterocycles. The number of nitrogens with one attached hydrogen (secondary N) is 1. The predicted molar refractivity (Wildman–Crippen MR) is 79.6 cm³/mol. The Labute approximate surface area is 122 Å². The summed E-state index contributed by atoms with van der Waals surface area (Å²) < 4.78 is 10.5. The van der Waals surface area contributed by atoms with Gasteiger partial charge in [0.25, 0.3) is 0 Å². The Morgan fingerprint density at radius 1 is 1.50 bits per heavy atom. The molecule has 4 nitrogen and oxygen atoms in total. The number of furan rings is 1. The van der Waals surface area contributed by atoms with Gasteiger partial charge in [0.15, 0.2) is 0 Å². The molecule has 0 aliphatic rings. The first-order valence-electron chi connectivity index (χ1n) is 6.27. The van der Waals surface area contributed by atoms with E-state index in [1.54, 1.807) is 42.9 Å². The Hall–Kier alpha value is -1.85. The van der Waals surface area contributed by atoms with Crippen LogP contribution in [0.1, 0.15) is 21.6 Å². The highest BCUT2D eigenvalue weighted by molar-refractivity contribution is 7.12. The van der Waals surface area contributed by atoms with E-state index < -0.39 is 0 Å². The van der Waals surface area contributed by atoms with Crippen LogP contribution in [0.2, 0.25) is 0 Å². The molecule has 2 aromatic heterocycles. The summed E-state index contributed by atoms with van der Waals surface area (Å²) in [6, 6.07) is 7.64. The van der Waals surface area contributed by atoms with Crippen molar-refractivity contribution >= 4 is 23.3 Å². The van der Waals surface area contributed by atoms with Gasteiger partial charge in [-0.1, -0.05) is 0 Å². The van der Waals surface area contributed by atoms with Crippen LogP contribution >= 0.6 is 11.3 Å². The van der Waals surface area contributed by atoms with Gasteiger partial charge < -0.3 is 14.5 Å². The second kappa shape index (κ2) is 7.07. The van der Waals surface area contributed by atoms with Crippen LogP contribution in [0.15, 0.2) is 41.0 Å². The summed E-state index contributed by atoms with van der Waals surface area (Å²) in [6.45, 7) is 2.49. The van der Waals surface area contributed by atoms with E-state index in [1.807, 2.05) is 19.1 Å². The second-order valence-electron chi connectivity index (χ2n) is 4.27. The average Bonchev–Trinajstić information content (AvgIpc) is 3.09. The molecule has 106 valence electrons. The van der Waals surface area contributed by atoms with E-state index in [1.165, 1.54) is 11.0 Å². The normalized spacial score (nSPS) is 12.7. The first-order valence-corrected chi connectivity index (χ1v) is 7.09. The third-order valence-corrected chi connectivity index (χ3v) is 3.86. The summed E-state index contributed by atoms with van der Waals surface area (Å²) in [5.74, 6) is 0.481. The van der Waals surface area contributed by atoms with Crippen molar-refractivity contribution in [2.24, 2.45) is 0 Å². The van der Waals surface area contributed by atoms with Gasteiger partial charge in [-0.05, 0) is 37.3 Å². The maximum atomic E-state index is 11.7. The fraction of sp³-hybridized carbons (Fsp3) is 0.267. The van der Waals surface area contributed by atoms with Crippen molar-refractivity contribution in [1.82, 2.24) is 5.32 Å². The van der Waals surface area contributed by atoms with Crippen molar-refractivity contribution in [3.05, 3.63) is 52.1 Å². The standard InChI is InChI=1S/C15H17NO3S/c1-11-5-7-14(20-11)13(18-2)10-16-15(17)8-6-12-4-3-9-19-12/h3-9,13H,10H2,1-2H3,(H,16,17)/b8-6+/t13-/m0/s1. The number of hydrogen-bond acceptors (Lipinski definition) is 4. The van der Waals surface area contributed by atoms with Gasteiger partial charge in [-0.2, -0.15) is 0 Å². The minimum atomic E-state index is -0.170. The highest BCUT2D eigenvalue weighted by atomic mass is 32.1. The Morgan fingerprint density at radius 2 is 2.35 bits per heavy atom. The minimum Gasteiger partial charge on any atom is -0.465 e. The topological polar surface area (TPSA) is 51.5 Å². The highest BCUT2D eigenvalue weighted by Crippen LogP contribution is 2.24. The molecule has 1 atom stereocenters. The number of ether oxygens (including phenoxy) is 1. The van der Waals surface area contributed by atoms with Crippen molar-refractivity contribution in [2.75, 3.05) is 13.7 Å². The molecule has 0 aliphatic carbocycles. The molecule has 0 saturated carbocycles. The molecule has 1 N–H and O–H groups in total. The molecule has 1 amide bonds. The van der Waals surface area contributed by atoms with Crippen LogP contribution in [0.5, 0.6) is 0 Å². The number of aryl methyl sites for hydroxylation is 1. The van der Waals surface area contributed by atoms with Gasteiger partial charge in [-0.15, -0.1) is 11.3 Å². The van der Waals surface area contributed by atoms with Crippen molar-refractivity contribution in [3.8, 4) is 0 Å². The molecule has 2 heterocycles. The summed E-state index contributed by atoms with van der Waals surface area (Å²) in [7, 11) is 1.64. The van der Waals surface area contributed by atoms with E-state index in [-0.39, 0.29) is 12.0 Å². The maximum absolute atomic E-state index is 11.7. The van der Waals surface area contributed by atoms with Crippen LogP contribution in [0.3, 0.4) is 0 Å². The largest absolute Gasteiger partial charge is 0.465 e. The van der Waals surface area contributed by atoms with Crippen LogP contribution in [-0.4, -0.2) is 19.6 Å². The lowest BCUT2D eigenvalue weighted by atomic mass is 10.3. The maximum Gasteiger partial charge on any atom is 0.244 e.